The zero-order valence-electron chi connectivity index (χ0n) is 13.7. The largest absolute Gasteiger partial charge is 0.350 e. The van der Waals surface area contributed by atoms with Gasteiger partial charge in [0.15, 0.2) is 0 Å². The molecule has 5 nitrogen and oxygen atoms in total. The number of likely N-dealkylation sites (tertiary alicyclic amines) is 1. The predicted molar refractivity (Wildman–Crippen MR) is 91.2 cm³/mol. The van der Waals surface area contributed by atoms with Crippen molar-refractivity contribution in [2.24, 2.45) is 0 Å². The van der Waals surface area contributed by atoms with Crippen LogP contribution in [0, 0.1) is 0 Å². The lowest BCUT2D eigenvalue weighted by atomic mass is 9.74. The molecule has 1 N–H and O–H groups in total. The molecule has 24 heavy (non-hydrogen) atoms. The van der Waals surface area contributed by atoms with E-state index in [-0.39, 0.29) is 17.4 Å². The molecule has 0 unspecified atom stereocenters. The van der Waals surface area contributed by atoms with Crippen molar-refractivity contribution < 1.29 is 4.79 Å². The van der Waals surface area contributed by atoms with Crippen LogP contribution in [0.3, 0.4) is 0 Å². The fourth-order valence-corrected chi connectivity index (χ4v) is 4.13. The number of amides is 1. The molecule has 0 radical (unpaired) electrons. The highest BCUT2D eigenvalue weighted by Gasteiger charge is 2.48. The minimum absolute atomic E-state index is 0.0982. The second kappa shape index (κ2) is 6.32. The molecule has 0 bridgehead atoms. The molecule has 2 fully saturated rings. The first-order valence-electron chi connectivity index (χ1n) is 8.58. The Balaban J connectivity index is 1.47. The first-order valence-corrected chi connectivity index (χ1v) is 8.58. The number of piperidine rings is 1. The molecule has 2 aliphatic rings. The minimum atomic E-state index is -0.0982. The molecular weight excluding hydrogens is 300 g/mol. The third-order valence-corrected chi connectivity index (χ3v) is 5.41. The van der Waals surface area contributed by atoms with Crippen molar-refractivity contribution in [1.82, 2.24) is 20.2 Å². The number of carbonyl (C=O) groups is 1. The van der Waals surface area contributed by atoms with Gasteiger partial charge in [-0.15, -0.1) is 0 Å². The summed E-state index contributed by atoms with van der Waals surface area (Å²) in [5.41, 5.74) is 2.23. The molecule has 4 heterocycles. The lowest BCUT2D eigenvalue weighted by Gasteiger charge is -2.42. The molecule has 0 aromatic carbocycles. The van der Waals surface area contributed by atoms with Crippen molar-refractivity contribution in [2.75, 3.05) is 13.1 Å². The zero-order valence-corrected chi connectivity index (χ0v) is 13.7. The van der Waals surface area contributed by atoms with E-state index in [0.717, 1.165) is 38.2 Å². The Labute approximate surface area is 142 Å². The molecule has 1 spiro atoms. The highest BCUT2D eigenvalue weighted by molar-refractivity contribution is 5.81. The first kappa shape index (κ1) is 15.3. The number of hydrogen-bond acceptors (Lipinski definition) is 4. The van der Waals surface area contributed by atoms with Gasteiger partial charge in [-0.05, 0) is 42.7 Å². The van der Waals surface area contributed by atoms with Crippen molar-refractivity contribution in [1.29, 1.82) is 0 Å². The highest BCUT2D eigenvalue weighted by Crippen LogP contribution is 2.43. The molecule has 2 aromatic rings. The van der Waals surface area contributed by atoms with Gasteiger partial charge in [0, 0.05) is 56.1 Å². The van der Waals surface area contributed by atoms with Gasteiger partial charge in [-0.3, -0.25) is 19.7 Å². The van der Waals surface area contributed by atoms with Crippen LogP contribution in [0.1, 0.15) is 36.4 Å². The maximum Gasteiger partial charge on any atom is 0.221 e. The van der Waals surface area contributed by atoms with Crippen LogP contribution in [-0.2, 0) is 11.3 Å². The number of nitrogens with one attached hydrogen (secondary N) is 1. The van der Waals surface area contributed by atoms with Crippen LogP contribution in [0.4, 0.5) is 0 Å². The fourth-order valence-electron chi connectivity index (χ4n) is 4.13. The number of pyridine rings is 2. The lowest BCUT2D eigenvalue weighted by molar-refractivity contribution is -0.120. The van der Waals surface area contributed by atoms with Gasteiger partial charge in [0.1, 0.15) is 0 Å². The Morgan fingerprint density at radius 2 is 1.92 bits per heavy atom. The standard InChI is InChI=1S/C19H22N4O/c24-18-13-17(15-4-9-20-10-5-15)19(22-18)6-11-23(12-7-19)14-16-3-1-2-8-21-16/h1-5,8-10,17H,6-7,11-14H2,(H,22,24)/t17-/m1/s1. The molecule has 2 aromatic heterocycles. The van der Waals surface area contributed by atoms with Crippen LogP contribution in [0.15, 0.2) is 48.9 Å². The van der Waals surface area contributed by atoms with Crippen LogP contribution in [0.5, 0.6) is 0 Å². The molecule has 0 saturated carbocycles. The summed E-state index contributed by atoms with van der Waals surface area (Å²) in [6, 6.07) is 10.1. The lowest BCUT2D eigenvalue weighted by Crippen LogP contribution is -2.53. The predicted octanol–water partition coefficient (Wildman–Crippen LogP) is 2.11. The number of aromatic nitrogens is 2. The van der Waals surface area contributed by atoms with Crippen LogP contribution >= 0.6 is 0 Å². The van der Waals surface area contributed by atoms with Gasteiger partial charge >= 0.3 is 0 Å². The summed E-state index contributed by atoms with van der Waals surface area (Å²) in [7, 11) is 0. The van der Waals surface area contributed by atoms with Crippen LogP contribution in [0.25, 0.3) is 0 Å². The van der Waals surface area contributed by atoms with Crippen molar-refractivity contribution in [3.05, 3.63) is 60.2 Å². The molecule has 0 aliphatic carbocycles. The van der Waals surface area contributed by atoms with E-state index in [0.29, 0.717) is 6.42 Å². The van der Waals surface area contributed by atoms with E-state index >= 15 is 0 Å². The van der Waals surface area contributed by atoms with Crippen LogP contribution in [0.2, 0.25) is 0 Å². The summed E-state index contributed by atoms with van der Waals surface area (Å²) in [4.78, 5) is 23.1. The smallest absolute Gasteiger partial charge is 0.221 e. The third-order valence-electron chi connectivity index (χ3n) is 5.41. The Morgan fingerprint density at radius 3 is 2.62 bits per heavy atom. The van der Waals surface area contributed by atoms with E-state index in [1.54, 1.807) is 0 Å². The number of rotatable bonds is 3. The maximum atomic E-state index is 12.1. The van der Waals surface area contributed by atoms with E-state index < -0.39 is 0 Å². The molecular formula is C19H22N4O. The molecule has 1 atom stereocenters. The van der Waals surface area contributed by atoms with Crippen molar-refractivity contribution in [3.63, 3.8) is 0 Å². The molecule has 2 saturated heterocycles. The number of hydrogen-bond donors (Lipinski definition) is 1. The average molecular weight is 322 g/mol. The zero-order chi connectivity index (χ0) is 16.4. The van der Waals surface area contributed by atoms with Crippen molar-refractivity contribution >= 4 is 5.91 Å². The highest BCUT2D eigenvalue weighted by atomic mass is 16.2. The fraction of sp³-hybridized carbons (Fsp3) is 0.421. The van der Waals surface area contributed by atoms with E-state index in [9.17, 15) is 4.79 Å². The van der Waals surface area contributed by atoms with Gasteiger partial charge in [-0.25, -0.2) is 0 Å². The summed E-state index contributed by atoms with van der Waals surface area (Å²) in [5.74, 6) is 0.431. The average Bonchev–Trinajstić information content (AvgIpc) is 2.95. The Kier molecular flexibility index (Phi) is 4.02. The van der Waals surface area contributed by atoms with Gasteiger partial charge in [-0.1, -0.05) is 6.07 Å². The van der Waals surface area contributed by atoms with Crippen molar-refractivity contribution in [3.8, 4) is 0 Å². The summed E-state index contributed by atoms with van der Waals surface area (Å²) in [6.45, 7) is 2.85. The van der Waals surface area contributed by atoms with E-state index in [1.165, 1.54) is 5.56 Å². The second-order valence-electron chi connectivity index (χ2n) is 6.84. The Morgan fingerprint density at radius 1 is 1.12 bits per heavy atom. The van der Waals surface area contributed by atoms with Gasteiger partial charge in [-0.2, -0.15) is 0 Å². The summed E-state index contributed by atoms with van der Waals surface area (Å²) in [5, 5.41) is 3.30. The summed E-state index contributed by atoms with van der Waals surface area (Å²) in [6.07, 6.45) is 8.04. The van der Waals surface area contributed by atoms with E-state index in [1.807, 2.05) is 42.9 Å². The Hall–Kier alpha value is -2.27. The summed E-state index contributed by atoms with van der Waals surface area (Å²) >= 11 is 0. The van der Waals surface area contributed by atoms with E-state index in [2.05, 4.69) is 26.3 Å². The number of nitrogens with zero attached hydrogens (tertiary/aromatic N) is 3. The van der Waals surface area contributed by atoms with Gasteiger partial charge in [0.2, 0.25) is 5.91 Å². The van der Waals surface area contributed by atoms with Gasteiger partial charge in [0.05, 0.1) is 5.69 Å². The molecule has 1 amide bonds. The third kappa shape index (κ3) is 2.91. The van der Waals surface area contributed by atoms with Gasteiger partial charge in [0.25, 0.3) is 0 Å². The summed E-state index contributed by atoms with van der Waals surface area (Å²) < 4.78 is 0. The Bertz CT molecular complexity index is 696. The SMILES string of the molecule is O=C1C[C@H](c2ccncc2)C2(CCN(Cc3ccccn3)CC2)N1. The van der Waals surface area contributed by atoms with E-state index in [4.69, 9.17) is 0 Å². The molecule has 4 rings (SSSR count). The quantitative estimate of drug-likeness (QED) is 0.940. The maximum absolute atomic E-state index is 12.1. The minimum Gasteiger partial charge on any atom is -0.350 e. The molecule has 124 valence electrons. The van der Waals surface area contributed by atoms with Crippen LogP contribution < -0.4 is 5.32 Å². The second-order valence-corrected chi connectivity index (χ2v) is 6.84. The topological polar surface area (TPSA) is 58.1 Å². The van der Waals surface area contributed by atoms with Gasteiger partial charge < -0.3 is 5.32 Å². The first-order chi connectivity index (χ1) is 11.8. The van der Waals surface area contributed by atoms with Crippen molar-refractivity contribution in [2.45, 2.75) is 37.3 Å². The van der Waals surface area contributed by atoms with Crippen LogP contribution in [-0.4, -0.2) is 39.4 Å². The normalized spacial score (nSPS) is 23.3. The monoisotopic (exact) mass is 322 g/mol. The number of carbonyl (C=O) groups excluding carboxylic acids is 1. The molecule has 5 heteroatoms. The molecule has 2 aliphatic heterocycles.